The van der Waals surface area contributed by atoms with Crippen LogP contribution in [0.4, 0.5) is 0 Å². The first kappa shape index (κ1) is 17.6. The highest BCUT2D eigenvalue weighted by molar-refractivity contribution is 6.08. The lowest BCUT2D eigenvalue weighted by Crippen LogP contribution is -2.28. The van der Waals surface area contributed by atoms with Gasteiger partial charge in [-0.25, -0.2) is 4.79 Å². The van der Waals surface area contributed by atoms with Gasteiger partial charge in [0.2, 0.25) is 0 Å². The Kier molecular flexibility index (Phi) is 3.97. The number of imide groups is 1. The lowest BCUT2D eigenvalue weighted by Gasteiger charge is -2.13. The van der Waals surface area contributed by atoms with Crippen LogP contribution in [0, 0.1) is 23.7 Å². The summed E-state index contributed by atoms with van der Waals surface area (Å²) in [5.41, 5.74) is 0.531. The van der Waals surface area contributed by atoms with Crippen molar-refractivity contribution in [1.29, 1.82) is 0 Å². The minimum Gasteiger partial charge on any atom is -0.481 e. The number of hydrogen-bond donors (Lipinski definition) is 1. The predicted molar refractivity (Wildman–Crippen MR) is 104 cm³/mol. The number of carboxylic acids is 1. The zero-order valence-corrected chi connectivity index (χ0v) is 15.4. The minimum absolute atomic E-state index is 0.119. The van der Waals surface area contributed by atoms with Crippen molar-refractivity contribution in [1.82, 2.24) is 5.01 Å². The van der Waals surface area contributed by atoms with Crippen molar-refractivity contribution < 1.29 is 24.2 Å². The summed E-state index contributed by atoms with van der Waals surface area (Å²) in [7, 11) is 0. The second-order valence-corrected chi connectivity index (χ2v) is 7.61. The molecule has 1 N–H and O–H groups in total. The number of hydrazone groups is 1. The molecule has 1 heterocycles. The smallest absolute Gasteiger partial charge is 0.341 e. The largest absolute Gasteiger partial charge is 0.481 e. The lowest BCUT2D eigenvalue weighted by molar-refractivity contribution is -0.141. The summed E-state index contributed by atoms with van der Waals surface area (Å²) in [6, 6.07) is 11.0. The van der Waals surface area contributed by atoms with Crippen LogP contribution < -0.4 is 4.74 Å². The molecule has 1 saturated heterocycles. The maximum atomic E-state index is 12.8. The number of carbonyl (C=O) groups is 3. The highest BCUT2D eigenvalue weighted by Gasteiger charge is 2.59. The van der Waals surface area contributed by atoms with Crippen LogP contribution >= 0.6 is 0 Å². The molecule has 5 rings (SSSR count). The number of fused-ring (bicyclic) bond motifs is 6. The van der Waals surface area contributed by atoms with E-state index >= 15 is 0 Å². The molecule has 0 spiro atoms. The molecule has 146 valence electrons. The number of nitrogens with zero attached hydrogens (tertiary/aromatic N) is 2. The summed E-state index contributed by atoms with van der Waals surface area (Å²) in [4.78, 5) is 36.6. The Bertz CT molecular complexity index is 1080. The molecule has 29 heavy (non-hydrogen) atoms. The fraction of sp³-hybridized carbons (Fsp3) is 0.273. The quantitative estimate of drug-likeness (QED) is 0.481. The molecule has 2 aliphatic carbocycles. The van der Waals surface area contributed by atoms with E-state index in [9.17, 15) is 14.4 Å². The number of carbonyl (C=O) groups excluding carboxylic acids is 2. The molecule has 1 saturated carbocycles. The van der Waals surface area contributed by atoms with Crippen LogP contribution in [0.15, 0.2) is 53.7 Å². The van der Waals surface area contributed by atoms with Gasteiger partial charge in [-0.3, -0.25) is 9.59 Å². The Morgan fingerprint density at radius 3 is 2.48 bits per heavy atom. The molecule has 2 aromatic rings. The molecule has 2 fully saturated rings. The minimum atomic E-state index is -1.10. The van der Waals surface area contributed by atoms with E-state index < -0.39 is 12.6 Å². The average molecular weight is 390 g/mol. The van der Waals surface area contributed by atoms with Crippen LogP contribution in [-0.4, -0.2) is 40.7 Å². The number of benzene rings is 2. The Balaban J connectivity index is 1.50. The SMILES string of the molecule is O=C(O)COc1ccc2ccccc2c1C=NN1C(=O)[C@@H]2[C@H](C1=O)[C@H]1C=C[C@H]2C1. The number of aliphatic carboxylic acids is 1. The highest BCUT2D eigenvalue weighted by atomic mass is 16.5. The Hall–Kier alpha value is -3.48. The molecule has 1 aliphatic heterocycles. The van der Waals surface area contributed by atoms with Crippen molar-refractivity contribution >= 4 is 34.8 Å². The summed E-state index contributed by atoms with van der Waals surface area (Å²) < 4.78 is 5.41. The van der Waals surface area contributed by atoms with Crippen LogP contribution in [0.3, 0.4) is 0 Å². The molecule has 7 heteroatoms. The van der Waals surface area contributed by atoms with Gasteiger partial charge in [0, 0.05) is 5.56 Å². The van der Waals surface area contributed by atoms with Crippen molar-refractivity contribution in [3.8, 4) is 5.75 Å². The Morgan fingerprint density at radius 2 is 1.79 bits per heavy atom. The summed E-state index contributed by atoms with van der Waals surface area (Å²) >= 11 is 0. The maximum absolute atomic E-state index is 12.8. The van der Waals surface area contributed by atoms with E-state index in [1.165, 1.54) is 6.21 Å². The first-order valence-electron chi connectivity index (χ1n) is 9.51. The number of hydrogen-bond acceptors (Lipinski definition) is 5. The fourth-order valence-corrected chi connectivity index (χ4v) is 4.79. The van der Waals surface area contributed by atoms with Crippen LogP contribution in [0.5, 0.6) is 5.75 Å². The monoisotopic (exact) mass is 390 g/mol. The van der Waals surface area contributed by atoms with Gasteiger partial charge >= 0.3 is 5.97 Å². The van der Waals surface area contributed by atoms with Gasteiger partial charge in [-0.15, -0.1) is 0 Å². The number of rotatable bonds is 5. The van der Waals surface area contributed by atoms with Crippen LogP contribution in [0.1, 0.15) is 12.0 Å². The standard InChI is InChI=1S/C22H18N2O5/c25-18(26)11-29-17-8-7-12-3-1-2-4-15(12)16(17)10-23-24-21(27)19-13-5-6-14(9-13)20(19)22(24)28/h1-8,10,13-14,19-20H,9,11H2,(H,25,26)/t13-,14-,19-,20+/m0/s1. The third kappa shape index (κ3) is 2.73. The Labute approximate surface area is 166 Å². The van der Waals surface area contributed by atoms with Gasteiger partial charge in [-0.05, 0) is 35.1 Å². The van der Waals surface area contributed by atoms with Crippen LogP contribution in [0.25, 0.3) is 10.8 Å². The summed E-state index contributed by atoms with van der Waals surface area (Å²) in [5.74, 6) is -1.68. The molecule has 2 aromatic carbocycles. The summed E-state index contributed by atoms with van der Waals surface area (Å²) in [5, 5.41) is 15.8. The average Bonchev–Trinajstić information content (AvgIpc) is 3.39. The molecule has 4 atom stereocenters. The zero-order valence-electron chi connectivity index (χ0n) is 15.4. The molecule has 0 aromatic heterocycles. The van der Waals surface area contributed by atoms with Gasteiger partial charge in [0.15, 0.2) is 6.61 Å². The normalized spacial score (nSPS) is 27.4. The van der Waals surface area contributed by atoms with Gasteiger partial charge in [0.1, 0.15) is 5.75 Å². The highest BCUT2D eigenvalue weighted by Crippen LogP contribution is 2.52. The van der Waals surface area contributed by atoms with Gasteiger partial charge in [0.05, 0.1) is 18.1 Å². The van der Waals surface area contributed by atoms with Crippen LogP contribution in [-0.2, 0) is 14.4 Å². The van der Waals surface area contributed by atoms with E-state index in [-0.39, 0.29) is 35.5 Å². The van der Waals surface area contributed by atoms with E-state index in [1.54, 1.807) is 6.07 Å². The second kappa shape index (κ2) is 6.55. The van der Waals surface area contributed by atoms with E-state index in [0.717, 1.165) is 22.2 Å². The van der Waals surface area contributed by atoms with Crippen molar-refractivity contribution in [2.45, 2.75) is 6.42 Å². The molecule has 2 amide bonds. The van der Waals surface area contributed by atoms with Crippen molar-refractivity contribution in [2.75, 3.05) is 6.61 Å². The number of carboxylic acid groups (broad SMARTS) is 1. The van der Waals surface area contributed by atoms with Crippen LogP contribution in [0.2, 0.25) is 0 Å². The molecule has 3 aliphatic rings. The van der Waals surface area contributed by atoms with E-state index in [2.05, 4.69) is 5.10 Å². The molecule has 7 nitrogen and oxygen atoms in total. The number of amides is 2. The number of ether oxygens (including phenoxy) is 1. The summed E-state index contributed by atoms with van der Waals surface area (Å²) in [6.07, 6.45) is 6.35. The lowest BCUT2D eigenvalue weighted by atomic mass is 9.85. The third-order valence-corrected chi connectivity index (χ3v) is 6.03. The van der Waals surface area contributed by atoms with E-state index in [0.29, 0.717) is 11.3 Å². The number of allylic oxidation sites excluding steroid dienone is 2. The molecular formula is C22H18N2O5. The van der Waals surface area contributed by atoms with Crippen molar-refractivity contribution in [2.24, 2.45) is 28.8 Å². The third-order valence-electron chi connectivity index (χ3n) is 6.03. The first-order valence-corrected chi connectivity index (χ1v) is 9.51. The van der Waals surface area contributed by atoms with E-state index in [4.69, 9.17) is 9.84 Å². The molecule has 0 radical (unpaired) electrons. The molecular weight excluding hydrogens is 372 g/mol. The first-order chi connectivity index (χ1) is 14.0. The van der Waals surface area contributed by atoms with Gasteiger partial charge < -0.3 is 9.84 Å². The summed E-state index contributed by atoms with van der Waals surface area (Å²) in [6.45, 7) is -0.500. The molecule has 2 bridgehead atoms. The van der Waals surface area contributed by atoms with Crippen molar-refractivity contribution in [3.05, 3.63) is 54.1 Å². The fourth-order valence-electron chi connectivity index (χ4n) is 4.79. The maximum Gasteiger partial charge on any atom is 0.341 e. The van der Waals surface area contributed by atoms with Crippen molar-refractivity contribution in [3.63, 3.8) is 0 Å². The van der Waals surface area contributed by atoms with Gasteiger partial charge in [-0.2, -0.15) is 10.1 Å². The zero-order chi connectivity index (χ0) is 20.1. The molecule has 0 unspecified atom stereocenters. The topological polar surface area (TPSA) is 96.3 Å². The van der Waals surface area contributed by atoms with E-state index in [1.807, 2.05) is 42.5 Å². The van der Waals surface area contributed by atoms with Gasteiger partial charge in [0.25, 0.3) is 11.8 Å². The van der Waals surface area contributed by atoms with Gasteiger partial charge in [-0.1, -0.05) is 42.5 Å². The Morgan fingerprint density at radius 1 is 1.10 bits per heavy atom. The predicted octanol–water partition coefficient (Wildman–Crippen LogP) is 2.44. The second-order valence-electron chi connectivity index (χ2n) is 7.61.